The Morgan fingerprint density at radius 1 is 1.32 bits per heavy atom. The zero-order valence-corrected chi connectivity index (χ0v) is 13.2. The summed E-state index contributed by atoms with van der Waals surface area (Å²) in [5.41, 5.74) is 0.586. The molecule has 0 aliphatic carbocycles. The smallest absolute Gasteiger partial charge is 0.242 e. The number of hydrogen-bond donors (Lipinski definition) is 1. The van der Waals surface area contributed by atoms with Crippen LogP contribution in [0.2, 0.25) is 0 Å². The van der Waals surface area contributed by atoms with E-state index in [-0.39, 0.29) is 18.3 Å². The van der Waals surface area contributed by atoms with Gasteiger partial charge in [-0.25, -0.2) is 4.39 Å². The summed E-state index contributed by atoms with van der Waals surface area (Å²) in [7, 11) is 0. The largest absolute Gasteiger partial charge is 0.461 e. The molecule has 1 aliphatic heterocycles. The van der Waals surface area contributed by atoms with E-state index in [1.54, 1.807) is 24.3 Å². The van der Waals surface area contributed by atoms with Crippen LogP contribution in [0.5, 0.6) is 0 Å². The Labute approximate surface area is 142 Å². The van der Waals surface area contributed by atoms with E-state index < -0.39 is 6.04 Å². The zero-order chi connectivity index (χ0) is 17.2. The first-order valence-electron chi connectivity index (χ1n) is 7.84. The van der Waals surface area contributed by atoms with Crippen molar-refractivity contribution in [3.05, 3.63) is 59.9 Å². The lowest BCUT2D eigenvalue weighted by molar-refractivity contribution is -0.129. The van der Waals surface area contributed by atoms with E-state index in [9.17, 15) is 9.18 Å². The normalized spacial score (nSPS) is 18.3. The van der Waals surface area contributed by atoms with Crippen molar-refractivity contribution in [2.45, 2.75) is 12.6 Å². The van der Waals surface area contributed by atoms with Gasteiger partial charge < -0.3 is 14.3 Å². The number of carbonyl (C=O) groups is 1. The van der Waals surface area contributed by atoms with Gasteiger partial charge in [-0.1, -0.05) is 17.3 Å². The number of hydrogen-bond acceptors (Lipinski definition) is 6. The van der Waals surface area contributed by atoms with Crippen LogP contribution >= 0.6 is 0 Å². The minimum atomic E-state index is -0.608. The van der Waals surface area contributed by atoms with E-state index >= 15 is 0 Å². The minimum absolute atomic E-state index is 0.178. The second-order valence-electron chi connectivity index (χ2n) is 5.71. The molecular weight excluding hydrogens is 327 g/mol. The van der Waals surface area contributed by atoms with Crippen molar-refractivity contribution < 1.29 is 18.1 Å². The standard InChI is InChI=1S/C17H15FN4O3/c18-12-4-1-3-11(9-12)15-17(23)19-6-7-22(15)10-14-20-16(21-25-14)13-5-2-8-24-13/h1-5,8-9,15H,6-7,10H2,(H,19,23). The number of carbonyl (C=O) groups excluding carboxylic acids is 1. The molecule has 1 N–H and O–H groups in total. The zero-order valence-electron chi connectivity index (χ0n) is 13.2. The molecule has 128 valence electrons. The summed E-state index contributed by atoms with van der Waals surface area (Å²) in [6.45, 7) is 1.37. The summed E-state index contributed by atoms with van der Waals surface area (Å²) in [5, 5.41) is 6.70. The van der Waals surface area contributed by atoms with E-state index in [2.05, 4.69) is 15.5 Å². The molecule has 1 aromatic carbocycles. The first kappa shape index (κ1) is 15.5. The lowest BCUT2D eigenvalue weighted by Gasteiger charge is -2.34. The Hall–Kier alpha value is -3.00. The molecule has 1 atom stereocenters. The molecule has 1 unspecified atom stereocenters. The van der Waals surface area contributed by atoms with Crippen molar-refractivity contribution >= 4 is 5.91 Å². The lowest BCUT2D eigenvalue weighted by Crippen LogP contribution is -2.49. The van der Waals surface area contributed by atoms with E-state index in [1.807, 2.05) is 4.90 Å². The van der Waals surface area contributed by atoms with Gasteiger partial charge in [-0.05, 0) is 29.8 Å². The van der Waals surface area contributed by atoms with Crippen molar-refractivity contribution in [2.24, 2.45) is 0 Å². The molecule has 25 heavy (non-hydrogen) atoms. The Bertz CT molecular complexity index is 878. The Morgan fingerprint density at radius 2 is 2.24 bits per heavy atom. The predicted octanol–water partition coefficient (Wildman–Crippen LogP) is 2.14. The highest BCUT2D eigenvalue weighted by atomic mass is 19.1. The SMILES string of the molecule is O=C1NCCN(Cc2nc(-c3ccco3)no2)C1c1cccc(F)c1. The molecule has 1 saturated heterocycles. The van der Waals surface area contributed by atoms with Gasteiger partial charge in [0.05, 0.1) is 12.8 Å². The third-order valence-electron chi connectivity index (χ3n) is 4.02. The molecule has 8 heteroatoms. The highest BCUT2D eigenvalue weighted by molar-refractivity contribution is 5.83. The molecule has 3 heterocycles. The van der Waals surface area contributed by atoms with Crippen LogP contribution in [0.1, 0.15) is 17.5 Å². The van der Waals surface area contributed by atoms with Gasteiger partial charge in [-0.3, -0.25) is 9.69 Å². The molecule has 0 bridgehead atoms. The van der Waals surface area contributed by atoms with Crippen LogP contribution in [0.3, 0.4) is 0 Å². The van der Waals surface area contributed by atoms with Crippen LogP contribution in [0.25, 0.3) is 11.6 Å². The first-order chi connectivity index (χ1) is 12.2. The van der Waals surface area contributed by atoms with E-state index in [4.69, 9.17) is 8.94 Å². The Morgan fingerprint density at radius 3 is 3.04 bits per heavy atom. The lowest BCUT2D eigenvalue weighted by atomic mass is 10.0. The summed E-state index contributed by atoms with van der Waals surface area (Å²) < 4.78 is 24.1. The fourth-order valence-electron chi connectivity index (χ4n) is 2.92. The second kappa shape index (κ2) is 6.48. The summed E-state index contributed by atoms with van der Waals surface area (Å²) in [5.74, 6) is 0.663. The number of piperazine rings is 1. The maximum absolute atomic E-state index is 13.6. The van der Waals surface area contributed by atoms with Crippen molar-refractivity contribution in [2.75, 3.05) is 13.1 Å². The third kappa shape index (κ3) is 3.16. The van der Waals surface area contributed by atoms with Gasteiger partial charge in [0.15, 0.2) is 5.76 Å². The van der Waals surface area contributed by atoms with Crippen molar-refractivity contribution in [3.8, 4) is 11.6 Å². The average molecular weight is 342 g/mol. The van der Waals surface area contributed by atoms with Crippen LogP contribution in [0.15, 0.2) is 51.6 Å². The molecular formula is C17H15FN4O3. The molecule has 4 rings (SSSR count). The van der Waals surface area contributed by atoms with Crippen LogP contribution in [0.4, 0.5) is 4.39 Å². The highest BCUT2D eigenvalue weighted by Gasteiger charge is 2.32. The van der Waals surface area contributed by atoms with Gasteiger partial charge in [0, 0.05) is 13.1 Å². The number of halogens is 1. The quantitative estimate of drug-likeness (QED) is 0.782. The topological polar surface area (TPSA) is 84.4 Å². The maximum Gasteiger partial charge on any atom is 0.242 e. The number of nitrogens with zero attached hydrogens (tertiary/aromatic N) is 3. The molecule has 1 amide bonds. The molecule has 0 saturated carbocycles. The monoisotopic (exact) mass is 342 g/mol. The summed E-state index contributed by atoms with van der Waals surface area (Å²) >= 11 is 0. The molecule has 0 spiro atoms. The summed E-state index contributed by atoms with van der Waals surface area (Å²) in [4.78, 5) is 18.5. The van der Waals surface area contributed by atoms with Crippen LogP contribution < -0.4 is 5.32 Å². The molecule has 7 nitrogen and oxygen atoms in total. The predicted molar refractivity (Wildman–Crippen MR) is 84.6 cm³/mol. The van der Waals surface area contributed by atoms with Gasteiger partial charge in [-0.15, -0.1) is 0 Å². The minimum Gasteiger partial charge on any atom is -0.461 e. The number of aromatic nitrogens is 2. The number of benzene rings is 1. The van der Waals surface area contributed by atoms with Crippen molar-refractivity contribution in [3.63, 3.8) is 0 Å². The number of nitrogens with one attached hydrogen (secondary N) is 1. The summed E-state index contributed by atoms with van der Waals surface area (Å²) in [6.07, 6.45) is 1.53. The second-order valence-corrected chi connectivity index (χ2v) is 5.71. The first-order valence-corrected chi connectivity index (χ1v) is 7.84. The summed E-state index contributed by atoms with van der Waals surface area (Å²) in [6, 6.07) is 8.90. The molecule has 1 aliphatic rings. The highest BCUT2D eigenvalue weighted by Crippen LogP contribution is 2.26. The van der Waals surface area contributed by atoms with Gasteiger partial charge in [0.2, 0.25) is 17.6 Å². The van der Waals surface area contributed by atoms with Gasteiger partial charge in [0.1, 0.15) is 11.9 Å². The number of amides is 1. The molecule has 1 fully saturated rings. The Balaban J connectivity index is 1.58. The molecule has 3 aromatic rings. The van der Waals surface area contributed by atoms with Gasteiger partial charge in [-0.2, -0.15) is 4.98 Å². The Kier molecular flexibility index (Phi) is 4.02. The number of rotatable bonds is 4. The van der Waals surface area contributed by atoms with Crippen molar-refractivity contribution in [1.82, 2.24) is 20.4 Å². The molecule has 0 radical (unpaired) electrons. The van der Waals surface area contributed by atoms with E-state index in [0.29, 0.717) is 36.1 Å². The van der Waals surface area contributed by atoms with Gasteiger partial charge >= 0.3 is 0 Å². The number of furan rings is 1. The average Bonchev–Trinajstić information content (AvgIpc) is 3.26. The fraction of sp³-hybridized carbons (Fsp3) is 0.235. The van der Waals surface area contributed by atoms with Crippen LogP contribution in [0, 0.1) is 5.82 Å². The molecule has 2 aromatic heterocycles. The van der Waals surface area contributed by atoms with E-state index in [1.165, 1.54) is 18.4 Å². The fourth-order valence-corrected chi connectivity index (χ4v) is 2.92. The van der Waals surface area contributed by atoms with Crippen LogP contribution in [-0.4, -0.2) is 34.0 Å². The van der Waals surface area contributed by atoms with Crippen molar-refractivity contribution in [1.29, 1.82) is 0 Å². The maximum atomic E-state index is 13.6. The van der Waals surface area contributed by atoms with Gasteiger partial charge in [0.25, 0.3) is 0 Å². The van der Waals surface area contributed by atoms with E-state index in [0.717, 1.165) is 0 Å². The third-order valence-corrected chi connectivity index (χ3v) is 4.02. The van der Waals surface area contributed by atoms with Crippen LogP contribution in [-0.2, 0) is 11.3 Å².